The zero-order chi connectivity index (χ0) is 23.1. The van der Waals surface area contributed by atoms with Gasteiger partial charge in [-0.1, -0.05) is 6.07 Å². The molecule has 0 atom stereocenters. The fraction of sp³-hybridized carbons (Fsp3) is 0.280. The number of halogens is 3. The summed E-state index contributed by atoms with van der Waals surface area (Å²) in [6.45, 7) is 4.16. The summed E-state index contributed by atoms with van der Waals surface area (Å²) in [7, 11) is 0. The number of aromatic nitrogens is 4. The van der Waals surface area contributed by atoms with E-state index in [1.165, 1.54) is 25.1 Å². The van der Waals surface area contributed by atoms with Crippen LogP contribution in [-0.2, 0) is 0 Å². The van der Waals surface area contributed by atoms with E-state index < -0.39 is 11.6 Å². The van der Waals surface area contributed by atoms with Crippen molar-refractivity contribution >= 4 is 40.8 Å². The summed E-state index contributed by atoms with van der Waals surface area (Å²) in [5.74, 6) is -0.439. The van der Waals surface area contributed by atoms with Crippen molar-refractivity contribution in [1.29, 1.82) is 0 Å². The minimum atomic E-state index is -0.637. The fourth-order valence-electron chi connectivity index (χ4n) is 4.46. The number of hydrogen-bond acceptors (Lipinski definition) is 7. The molecule has 7 nitrogen and oxygen atoms in total. The third-order valence-electron chi connectivity index (χ3n) is 6.41. The van der Waals surface area contributed by atoms with E-state index in [1.54, 1.807) is 18.2 Å². The Balaban J connectivity index is 0.00000253. The maximum Gasteiger partial charge on any atom is 0.229 e. The number of nitrogens with one attached hydrogen (secondary N) is 1. The predicted octanol–water partition coefficient (Wildman–Crippen LogP) is 4.81. The lowest BCUT2D eigenvalue weighted by Crippen LogP contribution is -2.47. The molecule has 0 amide bonds. The molecule has 4 aromatic rings. The monoisotopic (exact) mass is 495 g/mol. The number of benzene rings is 1. The van der Waals surface area contributed by atoms with E-state index in [9.17, 15) is 8.78 Å². The minimum Gasteiger partial charge on any atom is -0.368 e. The molecule has 1 aliphatic heterocycles. The zero-order valence-electron chi connectivity index (χ0n) is 18.9. The molecule has 180 valence electrons. The van der Waals surface area contributed by atoms with Crippen LogP contribution in [0.2, 0.25) is 0 Å². The van der Waals surface area contributed by atoms with Gasteiger partial charge in [-0.25, -0.2) is 23.7 Å². The van der Waals surface area contributed by atoms with Crippen LogP contribution in [0, 0.1) is 11.6 Å². The van der Waals surface area contributed by atoms with Gasteiger partial charge in [-0.15, -0.1) is 12.4 Å². The first-order valence-corrected chi connectivity index (χ1v) is 11.4. The van der Waals surface area contributed by atoms with Crippen LogP contribution in [-0.4, -0.2) is 57.1 Å². The van der Waals surface area contributed by atoms with Crippen LogP contribution >= 0.6 is 12.4 Å². The number of fused-ring (bicyclic) bond motifs is 1. The Labute approximate surface area is 207 Å². The highest BCUT2D eigenvalue weighted by Crippen LogP contribution is 2.29. The van der Waals surface area contributed by atoms with Crippen LogP contribution < -0.4 is 10.2 Å². The molecular formula is C25H24ClF2N7. The highest BCUT2D eigenvalue weighted by atomic mass is 35.5. The minimum absolute atomic E-state index is 0. The van der Waals surface area contributed by atoms with Gasteiger partial charge in [0.15, 0.2) is 5.82 Å². The molecule has 10 heteroatoms. The van der Waals surface area contributed by atoms with E-state index in [0.29, 0.717) is 16.8 Å². The highest BCUT2D eigenvalue weighted by molar-refractivity contribution is 5.85. The smallest absolute Gasteiger partial charge is 0.229 e. The molecule has 0 bridgehead atoms. The number of pyridine rings is 2. The lowest BCUT2D eigenvalue weighted by molar-refractivity contribution is 0.248. The highest BCUT2D eigenvalue weighted by Gasteiger charge is 2.31. The lowest BCUT2D eigenvalue weighted by Gasteiger charge is -2.36. The van der Waals surface area contributed by atoms with Crippen molar-refractivity contribution in [3.8, 4) is 11.3 Å². The maximum atomic E-state index is 14.6. The second-order valence-electron chi connectivity index (χ2n) is 8.70. The summed E-state index contributed by atoms with van der Waals surface area (Å²) in [5.41, 5.74) is 1.63. The van der Waals surface area contributed by atoms with E-state index in [1.807, 2.05) is 18.3 Å². The Morgan fingerprint density at radius 2 is 1.71 bits per heavy atom. The Hall–Kier alpha value is -3.43. The van der Waals surface area contributed by atoms with Crippen LogP contribution in [0.4, 0.5) is 26.2 Å². The molecule has 1 aromatic carbocycles. The predicted molar refractivity (Wildman–Crippen MR) is 134 cm³/mol. The number of piperazine rings is 1. The summed E-state index contributed by atoms with van der Waals surface area (Å²) in [4.78, 5) is 21.8. The quantitative estimate of drug-likeness (QED) is 0.426. The average molecular weight is 496 g/mol. The van der Waals surface area contributed by atoms with E-state index in [-0.39, 0.29) is 29.6 Å². The van der Waals surface area contributed by atoms with Gasteiger partial charge in [0.1, 0.15) is 22.8 Å². The Kier molecular flexibility index (Phi) is 6.44. The van der Waals surface area contributed by atoms with E-state index >= 15 is 0 Å². The summed E-state index contributed by atoms with van der Waals surface area (Å²) >= 11 is 0. The number of nitrogens with zero attached hydrogens (tertiary/aromatic N) is 6. The Morgan fingerprint density at radius 3 is 2.46 bits per heavy atom. The molecule has 2 aliphatic rings. The van der Waals surface area contributed by atoms with Crippen molar-refractivity contribution in [2.45, 2.75) is 18.9 Å². The number of anilines is 3. The molecule has 1 saturated heterocycles. The van der Waals surface area contributed by atoms with E-state index in [0.717, 1.165) is 44.1 Å². The van der Waals surface area contributed by atoms with Crippen molar-refractivity contribution in [3.63, 3.8) is 0 Å². The van der Waals surface area contributed by atoms with Gasteiger partial charge < -0.3 is 10.2 Å². The molecule has 1 N–H and O–H groups in total. The van der Waals surface area contributed by atoms with Gasteiger partial charge in [0.25, 0.3) is 0 Å². The van der Waals surface area contributed by atoms with Crippen molar-refractivity contribution in [2.24, 2.45) is 0 Å². The number of rotatable bonds is 5. The van der Waals surface area contributed by atoms with Crippen molar-refractivity contribution in [1.82, 2.24) is 24.8 Å². The third-order valence-corrected chi connectivity index (χ3v) is 6.41. The Morgan fingerprint density at radius 1 is 0.886 bits per heavy atom. The maximum absolute atomic E-state index is 14.6. The first-order chi connectivity index (χ1) is 16.6. The van der Waals surface area contributed by atoms with E-state index in [2.05, 4.69) is 35.1 Å². The van der Waals surface area contributed by atoms with E-state index in [4.69, 9.17) is 0 Å². The molecule has 4 heterocycles. The lowest BCUT2D eigenvalue weighted by atomic mass is 10.1. The topological polar surface area (TPSA) is 70.1 Å². The van der Waals surface area contributed by atoms with Crippen molar-refractivity contribution < 1.29 is 8.78 Å². The van der Waals surface area contributed by atoms with Gasteiger partial charge in [0, 0.05) is 49.4 Å². The summed E-state index contributed by atoms with van der Waals surface area (Å²) in [6.07, 6.45) is 7.09. The molecule has 1 aliphatic carbocycles. The summed E-state index contributed by atoms with van der Waals surface area (Å²) in [6, 6.07) is 11.0. The summed E-state index contributed by atoms with van der Waals surface area (Å²) < 4.78 is 29.1. The van der Waals surface area contributed by atoms with Crippen LogP contribution in [0.1, 0.15) is 12.8 Å². The normalized spacial score (nSPS) is 16.2. The SMILES string of the molecule is Cl.Fc1cnc(Nc2ccc(N3CCN(C4CC4)CC3)cn2)nc1-c1cc(F)c2ncccc2c1. The Bertz CT molecular complexity index is 1340. The molecule has 0 radical (unpaired) electrons. The molecular weight excluding hydrogens is 472 g/mol. The van der Waals surface area contributed by atoms with Crippen molar-refractivity contribution in [2.75, 3.05) is 36.4 Å². The molecule has 1 saturated carbocycles. The second-order valence-corrected chi connectivity index (χ2v) is 8.70. The molecule has 6 rings (SSSR count). The van der Waals surface area contributed by atoms with Gasteiger partial charge in [-0.2, -0.15) is 0 Å². The molecule has 35 heavy (non-hydrogen) atoms. The molecule has 0 unspecified atom stereocenters. The summed E-state index contributed by atoms with van der Waals surface area (Å²) in [5, 5.41) is 3.59. The van der Waals surface area contributed by atoms with Gasteiger partial charge in [-0.05, 0) is 43.2 Å². The molecule has 3 aromatic heterocycles. The number of hydrogen-bond donors (Lipinski definition) is 1. The molecule has 2 fully saturated rings. The fourth-order valence-corrected chi connectivity index (χ4v) is 4.46. The van der Waals surface area contributed by atoms with Crippen molar-refractivity contribution in [3.05, 3.63) is 66.6 Å². The van der Waals surface area contributed by atoms with Crippen LogP contribution in [0.25, 0.3) is 22.2 Å². The third kappa shape index (κ3) is 4.87. The van der Waals surface area contributed by atoms with Gasteiger partial charge in [0.2, 0.25) is 5.95 Å². The largest absolute Gasteiger partial charge is 0.368 e. The standard InChI is InChI=1S/C25H23F2N7.ClH/c26-20-13-17(12-16-2-1-7-28-23(16)20)24-21(27)15-30-25(32-24)31-22-6-5-19(14-29-22)34-10-8-33(9-11-34)18-3-4-18;/h1-2,5-7,12-15,18H,3-4,8-11H2,(H,29,30,31,32);1H. The van der Waals surface area contributed by atoms with Crippen LogP contribution in [0.15, 0.2) is 55.0 Å². The van der Waals surface area contributed by atoms with Crippen LogP contribution in [0.5, 0.6) is 0 Å². The van der Waals surface area contributed by atoms with Gasteiger partial charge in [0.05, 0.1) is 18.1 Å². The van der Waals surface area contributed by atoms with Crippen LogP contribution in [0.3, 0.4) is 0 Å². The second kappa shape index (κ2) is 9.67. The van der Waals surface area contributed by atoms with Gasteiger partial charge in [-0.3, -0.25) is 9.88 Å². The first kappa shape index (κ1) is 23.3. The average Bonchev–Trinajstić information content (AvgIpc) is 3.72. The van der Waals surface area contributed by atoms with Gasteiger partial charge >= 0.3 is 0 Å². The zero-order valence-corrected chi connectivity index (χ0v) is 19.7. The first-order valence-electron chi connectivity index (χ1n) is 11.4. The molecule has 0 spiro atoms.